The first kappa shape index (κ1) is 17.8. The molecule has 0 radical (unpaired) electrons. The zero-order valence-electron chi connectivity index (χ0n) is 12.7. The van der Waals surface area contributed by atoms with Crippen molar-refractivity contribution in [3.63, 3.8) is 0 Å². The maximum atomic E-state index is 6.07. The lowest BCUT2D eigenvalue weighted by atomic mass is 9.99. The van der Waals surface area contributed by atoms with Crippen LogP contribution in [0.3, 0.4) is 0 Å². The zero-order chi connectivity index (χ0) is 14.8. The monoisotopic (exact) mass is 315 g/mol. The Morgan fingerprint density at radius 3 is 2.00 bits per heavy atom. The van der Waals surface area contributed by atoms with Gasteiger partial charge in [0.05, 0.1) is 0 Å². The quantitative estimate of drug-likeness (QED) is 0.493. The van der Waals surface area contributed by atoms with E-state index in [1.54, 1.807) is 6.07 Å². The van der Waals surface area contributed by atoms with Crippen LogP contribution in [0.2, 0.25) is 10.0 Å². The highest BCUT2D eigenvalue weighted by atomic mass is 35.5. The van der Waals surface area contributed by atoms with Gasteiger partial charge in [0.2, 0.25) is 0 Å². The number of rotatable bonds is 10. The summed E-state index contributed by atoms with van der Waals surface area (Å²) in [5.41, 5.74) is 1.19. The van der Waals surface area contributed by atoms with Crippen LogP contribution in [0.5, 0.6) is 0 Å². The summed E-state index contributed by atoms with van der Waals surface area (Å²) in [5, 5.41) is 4.80. The van der Waals surface area contributed by atoms with Gasteiger partial charge in [-0.1, -0.05) is 75.1 Å². The van der Waals surface area contributed by atoms with Gasteiger partial charge in [0, 0.05) is 16.1 Å². The fraction of sp³-hybridized carbons (Fsp3) is 0.647. The van der Waals surface area contributed by atoms with E-state index in [0.29, 0.717) is 16.1 Å². The molecule has 0 amide bonds. The summed E-state index contributed by atoms with van der Waals surface area (Å²) in [5.74, 6) is 0. The molecule has 0 saturated carbocycles. The third-order valence-corrected chi connectivity index (χ3v) is 4.17. The van der Waals surface area contributed by atoms with E-state index in [1.807, 2.05) is 19.2 Å². The van der Waals surface area contributed by atoms with Crippen LogP contribution in [0.1, 0.15) is 69.9 Å². The Kier molecular flexibility index (Phi) is 9.33. The molecule has 0 fully saturated rings. The fourth-order valence-corrected chi connectivity index (χ4v) is 3.10. The molecule has 114 valence electrons. The van der Waals surface area contributed by atoms with Crippen molar-refractivity contribution in [2.45, 2.75) is 64.3 Å². The van der Waals surface area contributed by atoms with Gasteiger partial charge in [-0.05, 0) is 37.2 Å². The molecular formula is C17H27Cl2N. The second-order valence-electron chi connectivity index (χ2n) is 5.45. The van der Waals surface area contributed by atoms with Crippen molar-refractivity contribution < 1.29 is 0 Å². The standard InChI is InChI=1S/C17H27Cl2N/c1-3-4-5-6-7-8-9-10-17(20-2)14-11-15(18)13-16(19)12-14/h11-13,17,20H,3-10H2,1-2H3. The van der Waals surface area contributed by atoms with E-state index in [9.17, 15) is 0 Å². The molecule has 1 atom stereocenters. The number of halogens is 2. The first-order valence-electron chi connectivity index (χ1n) is 7.80. The molecule has 0 aliphatic heterocycles. The van der Waals surface area contributed by atoms with Crippen LogP contribution in [0, 0.1) is 0 Å². The number of benzene rings is 1. The smallest absolute Gasteiger partial charge is 0.0424 e. The SMILES string of the molecule is CCCCCCCCCC(NC)c1cc(Cl)cc(Cl)c1. The van der Waals surface area contributed by atoms with Gasteiger partial charge < -0.3 is 5.32 Å². The van der Waals surface area contributed by atoms with Crippen LogP contribution in [-0.4, -0.2) is 7.05 Å². The second kappa shape index (κ2) is 10.5. The van der Waals surface area contributed by atoms with Crippen LogP contribution >= 0.6 is 23.2 Å². The van der Waals surface area contributed by atoms with Gasteiger partial charge in [0.25, 0.3) is 0 Å². The first-order chi connectivity index (χ1) is 9.67. The van der Waals surface area contributed by atoms with Gasteiger partial charge in [-0.15, -0.1) is 0 Å². The maximum Gasteiger partial charge on any atom is 0.0424 e. The van der Waals surface area contributed by atoms with Gasteiger partial charge in [0.15, 0.2) is 0 Å². The Labute approximate surface area is 134 Å². The van der Waals surface area contributed by atoms with Gasteiger partial charge in [-0.3, -0.25) is 0 Å². The van der Waals surface area contributed by atoms with E-state index >= 15 is 0 Å². The lowest BCUT2D eigenvalue weighted by Crippen LogP contribution is -2.16. The van der Waals surface area contributed by atoms with Gasteiger partial charge >= 0.3 is 0 Å². The molecule has 0 heterocycles. The molecule has 1 aromatic carbocycles. The predicted octanol–water partition coefficient (Wildman–Crippen LogP) is 6.39. The van der Waals surface area contributed by atoms with Gasteiger partial charge in [-0.25, -0.2) is 0 Å². The molecule has 3 heteroatoms. The summed E-state index contributed by atoms with van der Waals surface area (Å²) in [6, 6.07) is 6.15. The Bertz CT molecular complexity index is 359. The van der Waals surface area contributed by atoms with Crippen molar-refractivity contribution in [1.82, 2.24) is 5.32 Å². The third kappa shape index (κ3) is 6.97. The summed E-state index contributed by atoms with van der Waals surface area (Å²) in [7, 11) is 2.00. The van der Waals surface area contributed by atoms with Gasteiger partial charge in [0.1, 0.15) is 0 Å². The summed E-state index contributed by atoms with van der Waals surface area (Å²) in [6.45, 7) is 2.26. The van der Waals surface area contributed by atoms with Crippen molar-refractivity contribution in [3.05, 3.63) is 33.8 Å². The zero-order valence-corrected chi connectivity index (χ0v) is 14.2. The Morgan fingerprint density at radius 1 is 0.900 bits per heavy atom. The van der Waals surface area contributed by atoms with E-state index in [0.717, 1.165) is 6.42 Å². The normalized spacial score (nSPS) is 12.6. The molecule has 0 spiro atoms. The van der Waals surface area contributed by atoms with Crippen LogP contribution in [0.4, 0.5) is 0 Å². The maximum absolute atomic E-state index is 6.07. The lowest BCUT2D eigenvalue weighted by molar-refractivity contribution is 0.496. The van der Waals surface area contributed by atoms with E-state index in [4.69, 9.17) is 23.2 Å². The highest BCUT2D eigenvalue weighted by Crippen LogP contribution is 2.26. The van der Waals surface area contributed by atoms with Crippen molar-refractivity contribution in [2.75, 3.05) is 7.05 Å². The van der Waals surface area contributed by atoms with Crippen molar-refractivity contribution in [3.8, 4) is 0 Å². The Balaban J connectivity index is 2.32. The Hall–Kier alpha value is -0.240. The van der Waals surface area contributed by atoms with Crippen molar-refractivity contribution >= 4 is 23.2 Å². The average Bonchev–Trinajstić information content (AvgIpc) is 2.41. The second-order valence-corrected chi connectivity index (χ2v) is 6.33. The molecule has 0 aromatic heterocycles. The summed E-state index contributed by atoms with van der Waals surface area (Å²) >= 11 is 12.1. The topological polar surface area (TPSA) is 12.0 Å². The highest BCUT2D eigenvalue weighted by molar-refractivity contribution is 6.34. The Morgan fingerprint density at radius 2 is 1.45 bits per heavy atom. The molecule has 1 aromatic rings. The number of hydrogen-bond acceptors (Lipinski definition) is 1. The number of unbranched alkanes of at least 4 members (excludes halogenated alkanes) is 6. The number of hydrogen-bond donors (Lipinski definition) is 1. The van der Waals surface area contributed by atoms with E-state index < -0.39 is 0 Å². The molecule has 0 aliphatic carbocycles. The lowest BCUT2D eigenvalue weighted by Gasteiger charge is -2.17. The molecule has 0 aliphatic rings. The number of nitrogens with one attached hydrogen (secondary N) is 1. The molecule has 1 unspecified atom stereocenters. The van der Waals surface area contributed by atoms with Crippen LogP contribution in [0.15, 0.2) is 18.2 Å². The minimum absolute atomic E-state index is 0.349. The fourth-order valence-electron chi connectivity index (χ4n) is 2.56. The minimum Gasteiger partial charge on any atom is -0.313 e. The van der Waals surface area contributed by atoms with Crippen LogP contribution in [-0.2, 0) is 0 Å². The van der Waals surface area contributed by atoms with E-state index in [1.165, 1.54) is 50.5 Å². The van der Waals surface area contributed by atoms with Crippen LogP contribution in [0.25, 0.3) is 0 Å². The summed E-state index contributed by atoms with van der Waals surface area (Å²) in [6.07, 6.45) is 10.5. The first-order valence-corrected chi connectivity index (χ1v) is 8.56. The molecule has 0 bridgehead atoms. The summed E-state index contributed by atoms with van der Waals surface area (Å²) in [4.78, 5) is 0. The van der Waals surface area contributed by atoms with Gasteiger partial charge in [-0.2, -0.15) is 0 Å². The molecule has 1 rings (SSSR count). The third-order valence-electron chi connectivity index (χ3n) is 3.73. The molecule has 1 N–H and O–H groups in total. The molecule has 20 heavy (non-hydrogen) atoms. The van der Waals surface area contributed by atoms with Crippen molar-refractivity contribution in [2.24, 2.45) is 0 Å². The molecular weight excluding hydrogens is 289 g/mol. The molecule has 1 nitrogen and oxygen atoms in total. The molecule has 0 saturated heterocycles. The highest BCUT2D eigenvalue weighted by Gasteiger charge is 2.10. The van der Waals surface area contributed by atoms with E-state index in [-0.39, 0.29) is 0 Å². The minimum atomic E-state index is 0.349. The predicted molar refractivity (Wildman–Crippen MR) is 90.9 cm³/mol. The van der Waals surface area contributed by atoms with Crippen molar-refractivity contribution in [1.29, 1.82) is 0 Å². The average molecular weight is 316 g/mol. The largest absolute Gasteiger partial charge is 0.313 e. The van der Waals surface area contributed by atoms with Crippen LogP contribution < -0.4 is 5.32 Å². The van der Waals surface area contributed by atoms with E-state index in [2.05, 4.69) is 12.2 Å². The summed E-state index contributed by atoms with van der Waals surface area (Å²) < 4.78 is 0.